The summed E-state index contributed by atoms with van der Waals surface area (Å²) < 4.78 is 11.4. The van der Waals surface area contributed by atoms with Gasteiger partial charge in [-0.3, -0.25) is 4.99 Å². The van der Waals surface area contributed by atoms with E-state index in [4.69, 9.17) is 9.47 Å². The maximum atomic E-state index is 5.81. The average molecular weight is 467 g/mol. The molecular formula is C20H26IN3O2. The summed E-state index contributed by atoms with van der Waals surface area (Å²) in [5.74, 6) is 2.46. The van der Waals surface area contributed by atoms with Crippen molar-refractivity contribution in [2.24, 2.45) is 4.99 Å². The minimum Gasteiger partial charge on any atom is -0.457 e. The van der Waals surface area contributed by atoms with E-state index in [2.05, 4.69) is 27.8 Å². The third kappa shape index (κ3) is 6.49. The zero-order valence-corrected chi connectivity index (χ0v) is 17.3. The third-order valence-corrected chi connectivity index (χ3v) is 4.11. The number of benzene rings is 2. The number of aliphatic imine (C=N–C) groups is 1. The molecule has 2 N–H and O–H groups in total. The summed E-state index contributed by atoms with van der Waals surface area (Å²) in [5, 5.41) is 6.64. The maximum Gasteiger partial charge on any atom is 0.191 e. The summed E-state index contributed by atoms with van der Waals surface area (Å²) in [4.78, 5) is 4.25. The van der Waals surface area contributed by atoms with Crippen LogP contribution in [-0.4, -0.2) is 32.3 Å². The molecule has 5 nitrogen and oxygen atoms in total. The van der Waals surface area contributed by atoms with Crippen molar-refractivity contribution in [2.45, 2.75) is 25.5 Å². The number of rotatable bonds is 6. The lowest BCUT2D eigenvalue weighted by Gasteiger charge is -2.15. The molecule has 3 rings (SSSR count). The summed E-state index contributed by atoms with van der Waals surface area (Å²) in [6, 6.07) is 17.8. The fourth-order valence-corrected chi connectivity index (χ4v) is 2.72. The standard InChI is InChI=1S/C20H25N3O2.HI/c1-21-20(23-15-19-8-5-13-24-19)22-14-16-9-11-18(12-10-16)25-17-6-3-2-4-7-17;/h2-4,6-7,9-12,19H,5,8,13-15H2,1H3,(H2,21,22,23);1H. The molecule has 2 aromatic rings. The van der Waals surface area contributed by atoms with Gasteiger partial charge in [0, 0.05) is 26.7 Å². The Morgan fingerprint density at radius 2 is 1.81 bits per heavy atom. The van der Waals surface area contributed by atoms with E-state index in [0.717, 1.165) is 43.5 Å². The molecule has 6 heteroatoms. The number of ether oxygens (including phenoxy) is 2. The smallest absolute Gasteiger partial charge is 0.191 e. The van der Waals surface area contributed by atoms with Crippen molar-refractivity contribution >= 4 is 29.9 Å². The number of halogens is 1. The Morgan fingerprint density at radius 1 is 1.08 bits per heavy atom. The fourth-order valence-electron chi connectivity index (χ4n) is 2.72. The number of guanidine groups is 1. The van der Waals surface area contributed by atoms with Crippen LogP contribution in [0.25, 0.3) is 0 Å². The van der Waals surface area contributed by atoms with Crippen molar-refractivity contribution in [1.29, 1.82) is 0 Å². The van der Waals surface area contributed by atoms with Crippen LogP contribution >= 0.6 is 24.0 Å². The van der Waals surface area contributed by atoms with Gasteiger partial charge in [-0.15, -0.1) is 24.0 Å². The largest absolute Gasteiger partial charge is 0.457 e. The predicted molar refractivity (Wildman–Crippen MR) is 116 cm³/mol. The van der Waals surface area contributed by atoms with Crippen LogP contribution in [0.2, 0.25) is 0 Å². The van der Waals surface area contributed by atoms with Gasteiger partial charge in [0.1, 0.15) is 11.5 Å². The first kappa shape index (κ1) is 20.5. The lowest BCUT2D eigenvalue weighted by atomic mass is 10.2. The third-order valence-electron chi connectivity index (χ3n) is 4.11. The van der Waals surface area contributed by atoms with E-state index in [-0.39, 0.29) is 24.0 Å². The second kappa shape index (κ2) is 11.0. The van der Waals surface area contributed by atoms with Crippen LogP contribution in [0.1, 0.15) is 18.4 Å². The first-order chi connectivity index (χ1) is 12.3. The van der Waals surface area contributed by atoms with Gasteiger partial charge in [-0.1, -0.05) is 30.3 Å². The Kier molecular flexibility index (Phi) is 8.70. The number of hydrogen-bond acceptors (Lipinski definition) is 3. The summed E-state index contributed by atoms with van der Waals surface area (Å²) in [6.45, 7) is 2.37. The van der Waals surface area contributed by atoms with Crippen LogP contribution in [0.5, 0.6) is 11.5 Å². The Hall–Kier alpha value is -1.80. The molecule has 1 atom stereocenters. The first-order valence-corrected chi connectivity index (χ1v) is 8.71. The molecule has 1 unspecified atom stereocenters. The topological polar surface area (TPSA) is 54.9 Å². The number of nitrogens with one attached hydrogen (secondary N) is 2. The van der Waals surface area contributed by atoms with Gasteiger partial charge in [0.2, 0.25) is 0 Å². The van der Waals surface area contributed by atoms with Crippen LogP contribution in [0, 0.1) is 0 Å². The minimum absolute atomic E-state index is 0. The van der Waals surface area contributed by atoms with E-state index in [1.165, 1.54) is 5.56 Å². The second-order valence-electron chi connectivity index (χ2n) is 6.00. The van der Waals surface area contributed by atoms with E-state index in [9.17, 15) is 0 Å². The number of hydrogen-bond donors (Lipinski definition) is 2. The zero-order chi connectivity index (χ0) is 17.3. The van der Waals surface area contributed by atoms with E-state index in [0.29, 0.717) is 12.6 Å². The highest BCUT2D eigenvalue weighted by Gasteiger charge is 2.15. The molecule has 0 radical (unpaired) electrons. The van der Waals surface area contributed by atoms with Gasteiger partial charge in [0.05, 0.1) is 6.10 Å². The molecule has 0 bridgehead atoms. The van der Waals surface area contributed by atoms with Gasteiger partial charge in [-0.2, -0.15) is 0 Å². The molecular weight excluding hydrogens is 441 g/mol. The van der Waals surface area contributed by atoms with Crippen LogP contribution in [0.15, 0.2) is 59.6 Å². The Balaban J connectivity index is 0.00000243. The minimum atomic E-state index is 0. The van der Waals surface area contributed by atoms with Crippen molar-refractivity contribution in [2.75, 3.05) is 20.2 Å². The van der Waals surface area contributed by atoms with Gasteiger partial charge in [0.15, 0.2) is 5.96 Å². The first-order valence-electron chi connectivity index (χ1n) is 8.71. The number of para-hydroxylation sites is 1. The van der Waals surface area contributed by atoms with E-state index < -0.39 is 0 Å². The van der Waals surface area contributed by atoms with Gasteiger partial charge >= 0.3 is 0 Å². The van der Waals surface area contributed by atoms with Crippen molar-refractivity contribution < 1.29 is 9.47 Å². The maximum absolute atomic E-state index is 5.81. The quantitative estimate of drug-likeness (QED) is 0.384. The molecule has 0 aliphatic carbocycles. The molecule has 1 aliphatic rings. The summed E-state index contributed by atoms with van der Waals surface area (Å²) >= 11 is 0. The SMILES string of the molecule is CN=C(NCc1ccc(Oc2ccccc2)cc1)NCC1CCCO1.I. The molecule has 1 heterocycles. The van der Waals surface area contributed by atoms with E-state index >= 15 is 0 Å². The zero-order valence-electron chi connectivity index (χ0n) is 15.0. The summed E-state index contributed by atoms with van der Waals surface area (Å²) in [7, 11) is 1.78. The molecule has 0 spiro atoms. The molecule has 26 heavy (non-hydrogen) atoms. The van der Waals surface area contributed by atoms with Gasteiger partial charge in [-0.05, 0) is 42.7 Å². The summed E-state index contributed by atoms with van der Waals surface area (Å²) in [6.07, 6.45) is 2.57. The van der Waals surface area contributed by atoms with Crippen molar-refractivity contribution in [1.82, 2.24) is 10.6 Å². The van der Waals surface area contributed by atoms with Gasteiger partial charge in [-0.25, -0.2) is 0 Å². The highest BCUT2D eigenvalue weighted by molar-refractivity contribution is 14.0. The second-order valence-corrected chi connectivity index (χ2v) is 6.00. The van der Waals surface area contributed by atoms with Crippen molar-refractivity contribution in [3.05, 3.63) is 60.2 Å². The molecule has 2 aromatic carbocycles. The van der Waals surface area contributed by atoms with Gasteiger partial charge < -0.3 is 20.1 Å². The molecule has 0 amide bonds. The normalized spacial score (nSPS) is 16.7. The van der Waals surface area contributed by atoms with Crippen LogP contribution in [0.3, 0.4) is 0 Å². The average Bonchev–Trinajstić information content (AvgIpc) is 3.18. The summed E-state index contributed by atoms with van der Waals surface area (Å²) in [5.41, 5.74) is 1.17. The van der Waals surface area contributed by atoms with Crippen LogP contribution in [0.4, 0.5) is 0 Å². The van der Waals surface area contributed by atoms with Crippen LogP contribution in [-0.2, 0) is 11.3 Å². The molecule has 0 aromatic heterocycles. The van der Waals surface area contributed by atoms with Crippen molar-refractivity contribution in [3.63, 3.8) is 0 Å². The highest BCUT2D eigenvalue weighted by atomic mass is 127. The van der Waals surface area contributed by atoms with Crippen molar-refractivity contribution in [3.8, 4) is 11.5 Å². The monoisotopic (exact) mass is 467 g/mol. The molecule has 0 saturated carbocycles. The Labute approximate surface area is 172 Å². The van der Waals surface area contributed by atoms with E-state index in [1.54, 1.807) is 7.05 Å². The Bertz CT molecular complexity index is 671. The number of nitrogens with zero attached hydrogens (tertiary/aromatic N) is 1. The fraction of sp³-hybridized carbons (Fsp3) is 0.350. The highest BCUT2D eigenvalue weighted by Crippen LogP contribution is 2.21. The molecule has 1 fully saturated rings. The van der Waals surface area contributed by atoms with Gasteiger partial charge in [0.25, 0.3) is 0 Å². The Morgan fingerprint density at radius 3 is 2.46 bits per heavy atom. The van der Waals surface area contributed by atoms with Crippen LogP contribution < -0.4 is 15.4 Å². The lowest BCUT2D eigenvalue weighted by molar-refractivity contribution is 0.114. The lowest BCUT2D eigenvalue weighted by Crippen LogP contribution is -2.40. The predicted octanol–water partition coefficient (Wildman–Crippen LogP) is 3.94. The molecule has 140 valence electrons. The van der Waals surface area contributed by atoms with E-state index in [1.807, 2.05) is 42.5 Å². The molecule has 1 aliphatic heterocycles. The molecule has 1 saturated heterocycles.